The Morgan fingerprint density at radius 2 is 2.25 bits per heavy atom. The van der Waals surface area contributed by atoms with E-state index in [-0.39, 0.29) is 5.91 Å². The summed E-state index contributed by atoms with van der Waals surface area (Å²) in [7, 11) is 3.41. The van der Waals surface area contributed by atoms with Crippen LogP contribution in [0.1, 0.15) is 12.8 Å². The number of hydrogen-bond donors (Lipinski definition) is 2. The second-order valence-electron chi connectivity index (χ2n) is 4.47. The Balaban J connectivity index is 2.48. The molecule has 0 spiro atoms. The highest BCUT2D eigenvalue weighted by atomic mass is 16.5. The molecule has 0 saturated carbocycles. The fraction of sp³-hybridized carbons (Fsp3) is 0.429. The van der Waals surface area contributed by atoms with Crippen LogP contribution in [0.5, 0.6) is 5.75 Å². The number of nitrogen functional groups attached to an aromatic ring is 1. The van der Waals surface area contributed by atoms with Crippen molar-refractivity contribution in [3.8, 4) is 11.8 Å². The first-order valence-corrected chi connectivity index (χ1v) is 6.35. The Morgan fingerprint density at radius 1 is 1.50 bits per heavy atom. The molecule has 0 unspecified atom stereocenters. The number of nitrogens with two attached hydrogens (primary N) is 1. The summed E-state index contributed by atoms with van der Waals surface area (Å²) in [5.41, 5.74) is 6.84. The SMILES string of the molecule is COc1cc(N)ccc1NC(=O)CCN(C)CCC#N. The molecule has 0 radical (unpaired) electrons. The summed E-state index contributed by atoms with van der Waals surface area (Å²) in [5, 5.41) is 11.3. The van der Waals surface area contributed by atoms with E-state index in [9.17, 15) is 4.79 Å². The third-order valence-corrected chi connectivity index (χ3v) is 2.83. The smallest absolute Gasteiger partial charge is 0.225 e. The van der Waals surface area contributed by atoms with Gasteiger partial charge in [0.05, 0.1) is 18.9 Å². The molecule has 0 aliphatic rings. The first-order chi connectivity index (χ1) is 9.56. The van der Waals surface area contributed by atoms with Crippen molar-refractivity contribution in [1.29, 1.82) is 5.26 Å². The van der Waals surface area contributed by atoms with Gasteiger partial charge < -0.3 is 20.7 Å². The van der Waals surface area contributed by atoms with Gasteiger partial charge in [0.1, 0.15) is 5.75 Å². The first-order valence-electron chi connectivity index (χ1n) is 6.35. The summed E-state index contributed by atoms with van der Waals surface area (Å²) in [5.74, 6) is 0.438. The largest absolute Gasteiger partial charge is 0.494 e. The summed E-state index contributed by atoms with van der Waals surface area (Å²) in [4.78, 5) is 13.8. The van der Waals surface area contributed by atoms with Crippen LogP contribution in [0.15, 0.2) is 18.2 Å². The highest BCUT2D eigenvalue weighted by Gasteiger charge is 2.09. The van der Waals surface area contributed by atoms with Crippen LogP contribution >= 0.6 is 0 Å². The van der Waals surface area contributed by atoms with Crippen molar-refractivity contribution in [2.75, 3.05) is 38.3 Å². The van der Waals surface area contributed by atoms with Gasteiger partial charge in [-0.25, -0.2) is 0 Å². The van der Waals surface area contributed by atoms with Gasteiger partial charge in [0.15, 0.2) is 0 Å². The molecule has 1 rings (SSSR count). The fourth-order valence-electron chi connectivity index (χ4n) is 1.67. The zero-order chi connectivity index (χ0) is 15.0. The van der Waals surface area contributed by atoms with Crippen molar-refractivity contribution in [2.45, 2.75) is 12.8 Å². The highest BCUT2D eigenvalue weighted by Crippen LogP contribution is 2.26. The van der Waals surface area contributed by atoms with Crippen molar-refractivity contribution >= 4 is 17.3 Å². The maximum Gasteiger partial charge on any atom is 0.225 e. The maximum absolute atomic E-state index is 11.9. The number of carbonyl (C=O) groups is 1. The molecule has 0 aliphatic heterocycles. The minimum absolute atomic E-state index is 0.100. The molecule has 3 N–H and O–H groups in total. The lowest BCUT2D eigenvalue weighted by atomic mass is 10.2. The zero-order valence-electron chi connectivity index (χ0n) is 11.8. The number of methoxy groups -OCH3 is 1. The van der Waals surface area contributed by atoms with Gasteiger partial charge in [-0.15, -0.1) is 0 Å². The first kappa shape index (κ1) is 15.8. The third-order valence-electron chi connectivity index (χ3n) is 2.83. The average Bonchev–Trinajstić information content (AvgIpc) is 2.44. The molecule has 20 heavy (non-hydrogen) atoms. The van der Waals surface area contributed by atoms with Crippen molar-refractivity contribution in [2.24, 2.45) is 0 Å². The minimum Gasteiger partial charge on any atom is -0.494 e. The van der Waals surface area contributed by atoms with Crippen molar-refractivity contribution in [3.05, 3.63) is 18.2 Å². The Labute approximate surface area is 119 Å². The summed E-state index contributed by atoms with van der Waals surface area (Å²) < 4.78 is 5.16. The molecule has 0 aromatic heterocycles. The van der Waals surface area contributed by atoms with Crippen LogP contribution < -0.4 is 15.8 Å². The number of rotatable bonds is 7. The fourth-order valence-corrected chi connectivity index (χ4v) is 1.67. The molecule has 0 atom stereocenters. The number of nitrogens with one attached hydrogen (secondary N) is 1. The summed E-state index contributed by atoms with van der Waals surface area (Å²) in [6.07, 6.45) is 0.819. The predicted octanol–water partition coefficient (Wildman–Crippen LogP) is 1.45. The van der Waals surface area contributed by atoms with Crippen LogP contribution in [0, 0.1) is 11.3 Å². The molecule has 0 bridgehead atoms. The van der Waals surface area contributed by atoms with Crippen LogP contribution in [-0.4, -0.2) is 38.1 Å². The number of benzene rings is 1. The quantitative estimate of drug-likeness (QED) is 0.735. The number of anilines is 2. The Hall–Kier alpha value is -2.26. The molecule has 108 valence electrons. The van der Waals surface area contributed by atoms with E-state index in [2.05, 4.69) is 11.4 Å². The molecule has 6 heteroatoms. The molecular weight excluding hydrogens is 256 g/mol. The van der Waals surface area contributed by atoms with E-state index >= 15 is 0 Å². The average molecular weight is 276 g/mol. The monoisotopic (exact) mass is 276 g/mol. The standard InChI is InChI=1S/C14H20N4O2/c1-18(8-3-7-15)9-6-14(19)17-12-5-4-11(16)10-13(12)20-2/h4-5,10H,3,6,8-9,16H2,1-2H3,(H,17,19). The van der Waals surface area contributed by atoms with E-state index < -0.39 is 0 Å². The molecule has 1 aromatic rings. The van der Waals surface area contributed by atoms with E-state index in [1.165, 1.54) is 7.11 Å². The Morgan fingerprint density at radius 3 is 2.90 bits per heavy atom. The summed E-state index contributed by atoms with van der Waals surface area (Å²) in [6.45, 7) is 1.26. The van der Waals surface area contributed by atoms with E-state index in [4.69, 9.17) is 15.7 Å². The number of carbonyl (C=O) groups excluding carboxylic acids is 1. The van der Waals surface area contributed by atoms with E-state index in [0.717, 1.165) is 0 Å². The lowest BCUT2D eigenvalue weighted by Crippen LogP contribution is -2.25. The number of nitrogens with zero attached hydrogens (tertiary/aromatic N) is 2. The van der Waals surface area contributed by atoms with Crippen molar-refractivity contribution in [1.82, 2.24) is 4.90 Å². The topological polar surface area (TPSA) is 91.4 Å². The van der Waals surface area contributed by atoms with Gasteiger partial charge in [0, 0.05) is 37.7 Å². The lowest BCUT2D eigenvalue weighted by Gasteiger charge is -2.15. The molecule has 6 nitrogen and oxygen atoms in total. The molecule has 1 amide bonds. The molecule has 0 saturated heterocycles. The van der Waals surface area contributed by atoms with Gasteiger partial charge >= 0.3 is 0 Å². The van der Waals surface area contributed by atoms with Gasteiger partial charge in [0.25, 0.3) is 0 Å². The van der Waals surface area contributed by atoms with Gasteiger partial charge in [-0.3, -0.25) is 4.79 Å². The van der Waals surface area contributed by atoms with E-state index in [1.54, 1.807) is 18.2 Å². The number of ether oxygens (including phenoxy) is 1. The van der Waals surface area contributed by atoms with Crippen molar-refractivity contribution < 1.29 is 9.53 Å². The number of hydrogen-bond acceptors (Lipinski definition) is 5. The van der Waals surface area contributed by atoms with Crippen molar-refractivity contribution in [3.63, 3.8) is 0 Å². The second-order valence-corrected chi connectivity index (χ2v) is 4.47. The van der Waals surface area contributed by atoms with Crippen LogP contribution in [-0.2, 0) is 4.79 Å². The molecule has 1 aromatic carbocycles. The number of amides is 1. The zero-order valence-corrected chi connectivity index (χ0v) is 11.8. The van der Waals surface area contributed by atoms with Crippen LogP contribution in [0.2, 0.25) is 0 Å². The molecule has 0 heterocycles. The second kappa shape index (κ2) is 8.02. The summed E-state index contributed by atoms with van der Waals surface area (Å²) >= 11 is 0. The maximum atomic E-state index is 11.9. The van der Waals surface area contributed by atoms with Gasteiger partial charge in [0.2, 0.25) is 5.91 Å². The summed E-state index contributed by atoms with van der Waals surface area (Å²) in [6, 6.07) is 7.16. The predicted molar refractivity (Wildman–Crippen MR) is 78.4 cm³/mol. The van der Waals surface area contributed by atoms with Gasteiger partial charge in [-0.05, 0) is 19.2 Å². The third kappa shape index (κ3) is 5.16. The normalized spacial score (nSPS) is 10.1. The minimum atomic E-state index is -0.100. The molecular formula is C14H20N4O2. The van der Waals surface area contributed by atoms with Crippen LogP contribution in [0.4, 0.5) is 11.4 Å². The van der Waals surface area contributed by atoms with Gasteiger partial charge in [-0.2, -0.15) is 5.26 Å². The van der Waals surface area contributed by atoms with E-state index in [1.807, 2.05) is 11.9 Å². The Kier molecular flexibility index (Phi) is 6.33. The highest BCUT2D eigenvalue weighted by molar-refractivity contribution is 5.92. The van der Waals surface area contributed by atoms with Crippen LogP contribution in [0.3, 0.4) is 0 Å². The lowest BCUT2D eigenvalue weighted by molar-refractivity contribution is -0.116. The van der Waals surface area contributed by atoms with Gasteiger partial charge in [-0.1, -0.05) is 0 Å². The number of nitriles is 1. The Bertz CT molecular complexity index is 496. The van der Waals surface area contributed by atoms with Crippen LogP contribution in [0.25, 0.3) is 0 Å². The molecule has 0 fully saturated rings. The molecule has 0 aliphatic carbocycles. The van der Waals surface area contributed by atoms with E-state index in [0.29, 0.717) is 43.1 Å².